The topological polar surface area (TPSA) is 46.6 Å². The molecule has 0 aliphatic carbocycles. The van der Waals surface area contributed by atoms with Gasteiger partial charge in [-0.25, -0.2) is 4.79 Å². The molecule has 0 aliphatic rings. The van der Waals surface area contributed by atoms with Crippen LogP contribution in [0.1, 0.15) is 23.5 Å². The van der Waals surface area contributed by atoms with Gasteiger partial charge in [-0.2, -0.15) is 0 Å². The Labute approximate surface area is 142 Å². The Bertz CT molecular complexity index is 861. The normalized spacial score (nSPS) is 11.0. The van der Waals surface area contributed by atoms with E-state index in [1.54, 1.807) is 16.2 Å². The Balaban J connectivity index is 1.75. The molecule has 0 spiro atoms. The number of esters is 1. The smallest absolute Gasteiger partial charge is 0.348 e. The van der Waals surface area contributed by atoms with Gasteiger partial charge in [0.25, 0.3) is 5.91 Å². The van der Waals surface area contributed by atoms with Crippen molar-refractivity contribution in [3.05, 3.63) is 35.2 Å². The predicted octanol–water partition coefficient (Wildman–Crippen LogP) is 4.14. The SMILES string of the molecule is CCN(CC)C(=O)COC(=O)c1cc2sc3ccccc3c2s1. The predicted molar refractivity (Wildman–Crippen MR) is 95.4 cm³/mol. The molecule has 1 amide bonds. The minimum Gasteiger partial charge on any atom is -0.451 e. The van der Waals surface area contributed by atoms with E-state index in [1.807, 2.05) is 32.0 Å². The number of carbonyl (C=O) groups is 2. The number of carbonyl (C=O) groups excluding carboxylic acids is 2. The zero-order valence-corrected chi connectivity index (χ0v) is 14.6. The van der Waals surface area contributed by atoms with Crippen molar-refractivity contribution in [2.45, 2.75) is 13.8 Å². The minimum absolute atomic E-state index is 0.160. The van der Waals surface area contributed by atoms with Crippen molar-refractivity contribution in [1.29, 1.82) is 0 Å². The molecule has 0 radical (unpaired) electrons. The summed E-state index contributed by atoms with van der Waals surface area (Å²) in [4.78, 5) is 26.3. The molecular weight excluding hydrogens is 330 g/mol. The number of benzene rings is 1. The lowest BCUT2D eigenvalue weighted by atomic mass is 10.2. The van der Waals surface area contributed by atoms with Crippen LogP contribution in [0.15, 0.2) is 30.3 Å². The highest BCUT2D eigenvalue weighted by Gasteiger charge is 2.17. The Morgan fingerprint density at radius 2 is 1.83 bits per heavy atom. The van der Waals surface area contributed by atoms with E-state index in [0.29, 0.717) is 18.0 Å². The zero-order valence-electron chi connectivity index (χ0n) is 13.0. The molecule has 0 atom stereocenters. The molecular formula is C17H17NO3S2. The zero-order chi connectivity index (χ0) is 16.4. The van der Waals surface area contributed by atoms with Crippen LogP contribution in [-0.2, 0) is 9.53 Å². The fourth-order valence-electron chi connectivity index (χ4n) is 2.47. The van der Waals surface area contributed by atoms with Crippen LogP contribution in [0, 0.1) is 0 Å². The maximum absolute atomic E-state index is 12.2. The third kappa shape index (κ3) is 3.09. The number of thiophene rings is 2. The molecule has 2 heterocycles. The molecule has 1 aromatic carbocycles. The summed E-state index contributed by atoms with van der Waals surface area (Å²) in [6.07, 6.45) is 0. The van der Waals surface area contributed by atoms with Crippen LogP contribution in [0.25, 0.3) is 19.5 Å². The summed E-state index contributed by atoms with van der Waals surface area (Å²) in [6, 6.07) is 10.00. The first kappa shape index (κ1) is 16.0. The second-order valence-corrected chi connectivity index (χ2v) is 7.18. The maximum atomic E-state index is 12.2. The van der Waals surface area contributed by atoms with Crippen LogP contribution in [0.2, 0.25) is 0 Å². The lowest BCUT2D eigenvalue weighted by molar-refractivity contribution is -0.134. The second-order valence-electron chi connectivity index (χ2n) is 5.04. The molecule has 6 heteroatoms. The van der Waals surface area contributed by atoms with Gasteiger partial charge in [-0.1, -0.05) is 18.2 Å². The minimum atomic E-state index is -0.428. The lowest BCUT2D eigenvalue weighted by Gasteiger charge is -2.17. The van der Waals surface area contributed by atoms with Crippen LogP contribution >= 0.6 is 22.7 Å². The van der Waals surface area contributed by atoms with Crippen molar-refractivity contribution in [3.8, 4) is 0 Å². The molecule has 0 saturated heterocycles. The summed E-state index contributed by atoms with van der Waals surface area (Å²) in [5.74, 6) is -0.588. The number of fused-ring (bicyclic) bond motifs is 3. The van der Waals surface area contributed by atoms with Crippen LogP contribution in [0.3, 0.4) is 0 Å². The van der Waals surface area contributed by atoms with Gasteiger partial charge in [0, 0.05) is 27.9 Å². The molecule has 23 heavy (non-hydrogen) atoms. The monoisotopic (exact) mass is 347 g/mol. The standard InChI is InChI=1S/C17H17NO3S2/c1-3-18(4-2)15(19)10-21-17(20)14-9-13-16(23-14)11-7-5-6-8-12(11)22-13/h5-9H,3-4,10H2,1-2H3. The largest absolute Gasteiger partial charge is 0.451 e. The molecule has 4 nitrogen and oxygen atoms in total. The van der Waals surface area contributed by atoms with Crippen LogP contribution in [0.4, 0.5) is 0 Å². The van der Waals surface area contributed by atoms with E-state index in [2.05, 4.69) is 12.1 Å². The van der Waals surface area contributed by atoms with Crippen molar-refractivity contribution < 1.29 is 14.3 Å². The summed E-state index contributed by atoms with van der Waals surface area (Å²) in [7, 11) is 0. The van der Waals surface area contributed by atoms with Crippen LogP contribution in [-0.4, -0.2) is 36.5 Å². The van der Waals surface area contributed by atoms with Gasteiger partial charge in [-0.3, -0.25) is 4.79 Å². The number of amides is 1. The Morgan fingerprint density at radius 3 is 2.57 bits per heavy atom. The highest BCUT2D eigenvalue weighted by atomic mass is 32.1. The van der Waals surface area contributed by atoms with Crippen molar-refractivity contribution in [3.63, 3.8) is 0 Å². The summed E-state index contributed by atoms with van der Waals surface area (Å²) in [5, 5.41) is 1.16. The summed E-state index contributed by atoms with van der Waals surface area (Å²) in [6.45, 7) is 4.84. The quantitative estimate of drug-likeness (QED) is 0.652. The molecule has 0 saturated carbocycles. The fraction of sp³-hybridized carbons (Fsp3) is 0.294. The molecule has 120 valence electrons. The van der Waals surface area contributed by atoms with Gasteiger partial charge < -0.3 is 9.64 Å². The van der Waals surface area contributed by atoms with Gasteiger partial charge in [0.1, 0.15) is 4.88 Å². The van der Waals surface area contributed by atoms with Crippen molar-refractivity contribution in [1.82, 2.24) is 4.90 Å². The third-order valence-corrected chi connectivity index (χ3v) is 6.09. The van der Waals surface area contributed by atoms with Crippen LogP contribution < -0.4 is 0 Å². The summed E-state index contributed by atoms with van der Waals surface area (Å²) in [5.41, 5.74) is 0. The first-order chi connectivity index (χ1) is 11.1. The third-order valence-electron chi connectivity index (χ3n) is 3.69. The van der Waals surface area contributed by atoms with Crippen molar-refractivity contribution in [2.75, 3.05) is 19.7 Å². The molecule has 3 aromatic rings. The van der Waals surface area contributed by atoms with Crippen molar-refractivity contribution >= 4 is 54.0 Å². The van der Waals surface area contributed by atoms with E-state index < -0.39 is 5.97 Å². The average Bonchev–Trinajstić information content (AvgIpc) is 3.11. The Kier molecular flexibility index (Phi) is 4.63. The summed E-state index contributed by atoms with van der Waals surface area (Å²) < 4.78 is 8.57. The molecule has 0 bridgehead atoms. The Hall–Kier alpha value is -1.92. The molecule has 0 unspecified atom stereocenters. The molecule has 0 fully saturated rings. The van der Waals surface area contributed by atoms with Gasteiger partial charge in [0.2, 0.25) is 0 Å². The highest BCUT2D eigenvalue weighted by molar-refractivity contribution is 7.33. The van der Waals surface area contributed by atoms with Crippen LogP contribution in [0.5, 0.6) is 0 Å². The number of rotatable bonds is 5. The van der Waals surface area contributed by atoms with Gasteiger partial charge in [-0.15, -0.1) is 22.7 Å². The van der Waals surface area contributed by atoms with E-state index in [0.717, 1.165) is 14.8 Å². The van der Waals surface area contributed by atoms with E-state index in [1.165, 1.54) is 16.0 Å². The number of nitrogens with zero attached hydrogens (tertiary/aromatic N) is 1. The van der Waals surface area contributed by atoms with E-state index in [4.69, 9.17) is 4.74 Å². The van der Waals surface area contributed by atoms with Gasteiger partial charge in [0.05, 0.1) is 4.70 Å². The van der Waals surface area contributed by atoms with E-state index >= 15 is 0 Å². The first-order valence-electron chi connectivity index (χ1n) is 7.50. The maximum Gasteiger partial charge on any atom is 0.348 e. The Morgan fingerprint density at radius 1 is 1.09 bits per heavy atom. The van der Waals surface area contributed by atoms with Gasteiger partial charge in [0.15, 0.2) is 6.61 Å². The second kappa shape index (κ2) is 6.68. The van der Waals surface area contributed by atoms with E-state index in [-0.39, 0.29) is 12.5 Å². The lowest BCUT2D eigenvalue weighted by Crippen LogP contribution is -2.34. The number of ether oxygens (including phenoxy) is 1. The number of likely N-dealkylation sites (N-methyl/N-ethyl adjacent to an activating group) is 1. The molecule has 0 N–H and O–H groups in total. The van der Waals surface area contributed by atoms with Gasteiger partial charge in [-0.05, 0) is 26.0 Å². The first-order valence-corrected chi connectivity index (χ1v) is 9.13. The number of hydrogen-bond donors (Lipinski definition) is 0. The number of hydrogen-bond acceptors (Lipinski definition) is 5. The highest BCUT2D eigenvalue weighted by Crippen LogP contribution is 2.39. The van der Waals surface area contributed by atoms with Gasteiger partial charge >= 0.3 is 5.97 Å². The summed E-state index contributed by atoms with van der Waals surface area (Å²) >= 11 is 3.09. The average molecular weight is 347 g/mol. The van der Waals surface area contributed by atoms with E-state index in [9.17, 15) is 9.59 Å². The molecule has 3 rings (SSSR count). The molecule has 0 aliphatic heterocycles. The fourth-order valence-corrected chi connectivity index (χ4v) is 4.88. The van der Waals surface area contributed by atoms with Crippen molar-refractivity contribution in [2.24, 2.45) is 0 Å². The molecule has 2 aromatic heterocycles.